The van der Waals surface area contributed by atoms with Gasteiger partial charge in [0.05, 0.1) is 6.04 Å². The highest BCUT2D eigenvalue weighted by atomic mass is 32.2. The van der Waals surface area contributed by atoms with Crippen LogP contribution >= 0.6 is 23.5 Å². The van der Waals surface area contributed by atoms with Crippen LogP contribution in [-0.2, 0) is 24.0 Å². The first-order chi connectivity index (χ1) is 18.7. The number of hydrogen-bond acceptors (Lipinski definition) is 9. The second-order valence-electron chi connectivity index (χ2n) is 9.54. The van der Waals surface area contributed by atoms with Crippen molar-refractivity contribution in [3.05, 3.63) is 0 Å². The zero-order valence-electron chi connectivity index (χ0n) is 23.9. The van der Waals surface area contributed by atoms with Gasteiger partial charge >= 0.3 is 5.97 Å². The maximum absolute atomic E-state index is 13.2. The summed E-state index contributed by atoms with van der Waals surface area (Å²) in [5, 5.41) is 19.6. The van der Waals surface area contributed by atoms with Crippen LogP contribution in [-0.4, -0.2) is 101 Å². The van der Waals surface area contributed by atoms with Gasteiger partial charge in [0.15, 0.2) is 5.96 Å². The van der Waals surface area contributed by atoms with Gasteiger partial charge in [0.2, 0.25) is 23.6 Å². The molecule has 0 heterocycles. The Kier molecular flexibility index (Phi) is 18.8. The Bertz CT molecular complexity index is 872. The molecule has 0 aromatic carbocycles. The standard InChI is InChI=1S/C24H46N8O6S2/c1-13(2)18(23(37)38)32-19(33)14(3)29-21(35)16(7-6-10-28-24(26)27)31-22(36)17(9-12-40-5)30-20(34)15(25)8-11-39-4/h13-18H,6-12,25H2,1-5H3,(H,29,35)(H,30,34)(H,31,36)(H,32,33)(H,37,38)(H4,26,27,28)/t14-,15-,16-,17-,18-/m0/s1. The van der Waals surface area contributed by atoms with Crippen LogP contribution in [0.4, 0.5) is 0 Å². The number of nitrogens with zero attached hydrogens (tertiary/aromatic N) is 1. The molecule has 11 N–H and O–H groups in total. The van der Waals surface area contributed by atoms with Gasteiger partial charge in [-0.2, -0.15) is 23.5 Å². The maximum Gasteiger partial charge on any atom is 0.326 e. The maximum atomic E-state index is 13.2. The van der Waals surface area contributed by atoms with E-state index in [0.29, 0.717) is 30.8 Å². The second-order valence-corrected chi connectivity index (χ2v) is 11.5. The molecule has 14 nitrogen and oxygen atoms in total. The lowest BCUT2D eigenvalue weighted by molar-refractivity contribution is -0.143. The van der Waals surface area contributed by atoms with Crippen molar-refractivity contribution in [1.82, 2.24) is 21.3 Å². The normalized spacial score (nSPS) is 14.7. The average molecular weight is 607 g/mol. The van der Waals surface area contributed by atoms with Crippen LogP contribution in [0.5, 0.6) is 0 Å². The lowest BCUT2D eigenvalue weighted by Gasteiger charge is -2.26. The van der Waals surface area contributed by atoms with E-state index >= 15 is 0 Å². The first kappa shape index (κ1) is 37.3. The summed E-state index contributed by atoms with van der Waals surface area (Å²) in [6.07, 6.45) is 4.97. The second kappa shape index (κ2) is 20.2. The van der Waals surface area contributed by atoms with E-state index in [0.717, 1.165) is 0 Å². The lowest BCUT2D eigenvalue weighted by Crippen LogP contribution is -2.58. The quantitative estimate of drug-likeness (QED) is 0.0454. The third-order valence-electron chi connectivity index (χ3n) is 5.77. The van der Waals surface area contributed by atoms with Crippen molar-refractivity contribution in [2.45, 2.75) is 76.7 Å². The van der Waals surface area contributed by atoms with Crippen LogP contribution in [0.25, 0.3) is 0 Å². The molecule has 4 amide bonds. The summed E-state index contributed by atoms with van der Waals surface area (Å²) >= 11 is 3.04. The van der Waals surface area contributed by atoms with Gasteiger partial charge in [0.25, 0.3) is 0 Å². The minimum atomic E-state index is -1.20. The molecule has 0 saturated carbocycles. The van der Waals surface area contributed by atoms with Crippen molar-refractivity contribution in [2.24, 2.45) is 28.1 Å². The number of nitrogens with two attached hydrogens (primary N) is 3. The molecule has 0 aromatic heterocycles. The van der Waals surface area contributed by atoms with Gasteiger partial charge in [-0.15, -0.1) is 0 Å². The van der Waals surface area contributed by atoms with Crippen LogP contribution < -0.4 is 38.5 Å². The van der Waals surface area contributed by atoms with Gasteiger partial charge in [-0.05, 0) is 62.5 Å². The summed E-state index contributed by atoms with van der Waals surface area (Å²) in [7, 11) is 0. The summed E-state index contributed by atoms with van der Waals surface area (Å²) < 4.78 is 0. The number of thioether (sulfide) groups is 2. The minimum absolute atomic E-state index is 0.119. The smallest absolute Gasteiger partial charge is 0.326 e. The van der Waals surface area contributed by atoms with Gasteiger partial charge in [0.1, 0.15) is 24.2 Å². The molecular weight excluding hydrogens is 560 g/mol. The van der Waals surface area contributed by atoms with Crippen molar-refractivity contribution in [3.8, 4) is 0 Å². The summed E-state index contributed by atoms with van der Waals surface area (Å²) in [4.78, 5) is 66.8. The number of hydrogen-bond donors (Lipinski definition) is 8. The minimum Gasteiger partial charge on any atom is -0.480 e. The molecule has 0 aliphatic rings. The van der Waals surface area contributed by atoms with Gasteiger partial charge in [0, 0.05) is 6.54 Å². The number of aliphatic carboxylic acids is 1. The van der Waals surface area contributed by atoms with Gasteiger partial charge in [-0.1, -0.05) is 13.8 Å². The summed E-state index contributed by atoms with van der Waals surface area (Å²) in [5.41, 5.74) is 16.7. The number of amides is 4. The molecule has 0 bridgehead atoms. The Labute approximate surface area is 244 Å². The third kappa shape index (κ3) is 15.2. The summed E-state index contributed by atoms with van der Waals surface area (Å²) in [6, 6.07) is -5.03. The van der Waals surface area contributed by atoms with Crippen molar-refractivity contribution >= 4 is 59.1 Å². The van der Waals surface area contributed by atoms with E-state index in [1.165, 1.54) is 18.7 Å². The molecule has 0 aliphatic heterocycles. The number of aliphatic imine (C=N–C) groups is 1. The predicted molar refractivity (Wildman–Crippen MR) is 160 cm³/mol. The van der Waals surface area contributed by atoms with E-state index in [-0.39, 0.29) is 24.8 Å². The number of nitrogens with one attached hydrogen (secondary N) is 4. The molecule has 0 aliphatic carbocycles. The SMILES string of the molecule is CSCC[C@H](NC(=O)[C@@H](N)CCSC)C(=O)N[C@@H](CCCN=C(N)N)C(=O)N[C@@H](C)C(=O)N[C@H](C(=O)O)C(C)C. The Morgan fingerprint density at radius 1 is 0.775 bits per heavy atom. The van der Waals surface area contributed by atoms with Crippen molar-refractivity contribution < 1.29 is 29.1 Å². The predicted octanol–water partition coefficient (Wildman–Crippen LogP) is -1.43. The summed E-state index contributed by atoms with van der Waals surface area (Å²) in [5.74, 6) is -2.84. The lowest BCUT2D eigenvalue weighted by atomic mass is 10.0. The molecule has 0 fully saturated rings. The molecule has 5 atom stereocenters. The monoisotopic (exact) mass is 606 g/mol. The van der Waals surface area contributed by atoms with Gasteiger partial charge in [-0.25, -0.2) is 4.79 Å². The van der Waals surface area contributed by atoms with Crippen LogP contribution in [0.1, 0.15) is 46.5 Å². The Balaban J connectivity index is 5.62. The number of carbonyl (C=O) groups is 5. The largest absolute Gasteiger partial charge is 0.480 e. The number of carboxylic acid groups (broad SMARTS) is 1. The number of carboxylic acids is 1. The molecule has 0 aromatic rings. The Hall–Kier alpha value is -2.72. The van der Waals surface area contributed by atoms with Crippen LogP contribution in [0.3, 0.4) is 0 Å². The van der Waals surface area contributed by atoms with E-state index < -0.39 is 59.8 Å². The molecule has 0 unspecified atom stereocenters. The zero-order chi connectivity index (χ0) is 30.8. The first-order valence-electron chi connectivity index (χ1n) is 13.0. The Morgan fingerprint density at radius 2 is 1.30 bits per heavy atom. The fourth-order valence-corrected chi connectivity index (χ4v) is 4.34. The van der Waals surface area contributed by atoms with Crippen molar-refractivity contribution in [3.63, 3.8) is 0 Å². The fourth-order valence-electron chi connectivity index (χ4n) is 3.38. The molecule has 40 heavy (non-hydrogen) atoms. The average Bonchev–Trinajstić information content (AvgIpc) is 2.88. The highest BCUT2D eigenvalue weighted by molar-refractivity contribution is 7.98. The number of rotatable bonds is 20. The molecular formula is C24H46N8O6S2. The van der Waals surface area contributed by atoms with Crippen LogP contribution in [0.15, 0.2) is 4.99 Å². The third-order valence-corrected chi connectivity index (χ3v) is 7.06. The Morgan fingerprint density at radius 3 is 1.82 bits per heavy atom. The molecule has 16 heteroatoms. The van der Waals surface area contributed by atoms with Gasteiger partial charge in [-0.3, -0.25) is 24.2 Å². The molecule has 0 spiro atoms. The van der Waals surface area contributed by atoms with E-state index in [1.807, 2.05) is 12.5 Å². The number of carbonyl (C=O) groups excluding carboxylic acids is 4. The van der Waals surface area contributed by atoms with Crippen LogP contribution in [0, 0.1) is 5.92 Å². The van der Waals surface area contributed by atoms with E-state index in [4.69, 9.17) is 17.2 Å². The molecule has 0 rings (SSSR count). The first-order valence-corrected chi connectivity index (χ1v) is 15.8. The van der Waals surface area contributed by atoms with Crippen LogP contribution in [0.2, 0.25) is 0 Å². The van der Waals surface area contributed by atoms with Gasteiger partial charge < -0.3 is 43.6 Å². The molecule has 0 saturated heterocycles. The molecule has 0 radical (unpaired) electrons. The summed E-state index contributed by atoms with van der Waals surface area (Å²) in [6.45, 7) is 4.89. The highest BCUT2D eigenvalue weighted by Gasteiger charge is 2.30. The topological polar surface area (TPSA) is 244 Å². The van der Waals surface area contributed by atoms with Crippen molar-refractivity contribution in [2.75, 3.05) is 30.6 Å². The zero-order valence-corrected chi connectivity index (χ0v) is 25.5. The van der Waals surface area contributed by atoms with E-state index in [2.05, 4.69) is 26.3 Å². The highest BCUT2D eigenvalue weighted by Crippen LogP contribution is 2.07. The van der Waals surface area contributed by atoms with E-state index in [9.17, 15) is 29.1 Å². The molecule has 230 valence electrons. The number of guanidine groups is 1. The van der Waals surface area contributed by atoms with E-state index in [1.54, 1.807) is 25.6 Å². The fraction of sp³-hybridized carbons (Fsp3) is 0.750. The van der Waals surface area contributed by atoms with Crippen molar-refractivity contribution in [1.29, 1.82) is 0 Å².